The van der Waals surface area contributed by atoms with Crippen molar-refractivity contribution < 1.29 is 19.0 Å². The van der Waals surface area contributed by atoms with E-state index in [1.165, 1.54) is 0 Å². The molecule has 0 saturated carbocycles. The van der Waals surface area contributed by atoms with Gasteiger partial charge in [-0.05, 0) is 69.5 Å². The lowest BCUT2D eigenvalue weighted by Gasteiger charge is -2.19. The van der Waals surface area contributed by atoms with E-state index in [-0.39, 0.29) is 6.10 Å². The summed E-state index contributed by atoms with van der Waals surface area (Å²) in [6.45, 7) is 8.30. The van der Waals surface area contributed by atoms with Gasteiger partial charge < -0.3 is 14.2 Å². The highest BCUT2D eigenvalue weighted by atomic mass is 16.6. The van der Waals surface area contributed by atoms with Crippen LogP contribution in [-0.2, 0) is 22.3 Å². The third kappa shape index (κ3) is 8.97. The van der Waals surface area contributed by atoms with Crippen molar-refractivity contribution in [2.75, 3.05) is 18.5 Å². The van der Waals surface area contributed by atoms with Crippen molar-refractivity contribution in [2.45, 2.75) is 52.2 Å². The maximum Gasteiger partial charge on any atom is 0.412 e. The SMILES string of the molecule is CC(C#N)OCCc1ccc(OCCc2ccc(NC(=O)OC(C)(C)C)cc2)cc1. The Bertz CT molecular complexity index is 833. The zero-order chi connectivity index (χ0) is 22.0. The molecule has 0 radical (unpaired) electrons. The minimum Gasteiger partial charge on any atom is -0.493 e. The largest absolute Gasteiger partial charge is 0.493 e. The van der Waals surface area contributed by atoms with Gasteiger partial charge in [-0.3, -0.25) is 5.32 Å². The van der Waals surface area contributed by atoms with Crippen molar-refractivity contribution in [1.29, 1.82) is 5.26 Å². The third-order valence-electron chi connectivity index (χ3n) is 4.12. The monoisotopic (exact) mass is 410 g/mol. The van der Waals surface area contributed by atoms with E-state index in [9.17, 15) is 4.79 Å². The summed E-state index contributed by atoms with van der Waals surface area (Å²) in [4.78, 5) is 11.8. The van der Waals surface area contributed by atoms with Crippen LogP contribution in [0, 0.1) is 11.3 Å². The summed E-state index contributed by atoms with van der Waals surface area (Å²) in [5.41, 5.74) is 2.42. The lowest BCUT2D eigenvalue weighted by Crippen LogP contribution is -2.27. The number of nitrogens with one attached hydrogen (secondary N) is 1. The molecule has 0 heterocycles. The van der Waals surface area contributed by atoms with Crippen LogP contribution in [0.1, 0.15) is 38.8 Å². The molecule has 0 saturated heterocycles. The van der Waals surface area contributed by atoms with Crippen molar-refractivity contribution in [3.05, 3.63) is 59.7 Å². The molecule has 1 atom stereocenters. The predicted molar refractivity (Wildman–Crippen MR) is 117 cm³/mol. The van der Waals surface area contributed by atoms with E-state index in [1.807, 2.05) is 75.4 Å². The molecule has 6 heteroatoms. The quantitative estimate of drug-likeness (QED) is 0.620. The molecule has 6 nitrogen and oxygen atoms in total. The summed E-state index contributed by atoms with van der Waals surface area (Å²) in [5, 5.41) is 11.4. The van der Waals surface area contributed by atoms with Crippen LogP contribution in [0.5, 0.6) is 5.75 Å². The number of anilines is 1. The van der Waals surface area contributed by atoms with Gasteiger partial charge in [0.1, 0.15) is 17.5 Å². The van der Waals surface area contributed by atoms with E-state index in [1.54, 1.807) is 6.92 Å². The average Bonchev–Trinajstić information content (AvgIpc) is 2.69. The first kappa shape index (κ1) is 23.2. The van der Waals surface area contributed by atoms with Crippen molar-refractivity contribution in [1.82, 2.24) is 0 Å². The maximum absolute atomic E-state index is 11.8. The molecule has 1 unspecified atom stereocenters. The first-order chi connectivity index (χ1) is 14.2. The molecule has 2 aromatic carbocycles. The van der Waals surface area contributed by atoms with Crippen LogP contribution in [0.25, 0.3) is 0 Å². The molecule has 2 rings (SSSR count). The zero-order valence-corrected chi connectivity index (χ0v) is 18.1. The Morgan fingerprint density at radius 1 is 1.00 bits per heavy atom. The molecule has 0 aromatic heterocycles. The number of rotatable bonds is 9. The molecule has 0 aliphatic heterocycles. The predicted octanol–water partition coefficient (Wildman–Crippen LogP) is 5.13. The van der Waals surface area contributed by atoms with Gasteiger partial charge in [-0.2, -0.15) is 5.26 Å². The number of hydrogen-bond donors (Lipinski definition) is 1. The van der Waals surface area contributed by atoms with Crippen LogP contribution in [0.2, 0.25) is 0 Å². The molecule has 0 spiro atoms. The van der Waals surface area contributed by atoms with E-state index >= 15 is 0 Å². The van der Waals surface area contributed by atoms with Crippen LogP contribution in [0.15, 0.2) is 48.5 Å². The Labute approximate surface area is 178 Å². The average molecular weight is 411 g/mol. The molecular formula is C24H30N2O4. The summed E-state index contributed by atoms with van der Waals surface area (Å²) < 4.78 is 16.4. The maximum atomic E-state index is 11.8. The zero-order valence-electron chi connectivity index (χ0n) is 18.1. The fourth-order valence-electron chi connectivity index (χ4n) is 2.61. The number of ether oxygens (including phenoxy) is 3. The highest BCUT2D eigenvalue weighted by molar-refractivity contribution is 5.84. The van der Waals surface area contributed by atoms with Gasteiger partial charge in [0.2, 0.25) is 0 Å². The van der Waals surface area contributed by atoms with Crippen molar-refractivity contribution >= 4 is 11.8 Å². The van der Waals surface area contributed by atoms with Crippen LogP contribution in [0.3, 0.4) is 0 Å². The second-order valence-electron chi connectivity index (χ2n) is 7.96. The summed E-state index contributed by atoms with van der Waals surface area (Å²) in [6, 6.07) is 17.6. The number of nitrogens with zero attached hydrogens (tertiary/aromatic N) is 1. The van der Waals surface area contributed by atoms with Crippen LogP contribution in [-0.4, -0.2) is 31.0 Å². The summed E-state index contributed by atoms with van der Waals surface area (Å²) in [7, 11) is 0. The Morgan fingerprint density at radius 2 is 1.57 bits per heavy atom. The second kappa shape index (κ2) is 11.2. The molecule has 0 fully saturated rings. The van der Waals surface area contributed by atoms with Gasteiger partial charge in [-0.1, -0.05) is 24.3 Å². The fraction of sp³-hybridized carbons (Fsp3) is 0.417. The molecule has 0 bridgehead atoms. The minimum absolute atomic E-state index is 0.380. The van der Waals surface area contributed by atoms with Gasteiger partial charge in [0.25, 0.3) is 0 Å². The molecule has 1 N–H and O–H groups in total. The number of amides is 1. The van der Waals surface area contributed by atoms with Gasteiger partial charge in [-0.25, -0.2) is 4.79 Å². The lowest BCUT2D eigenvalue weighted by molar-refractivity contribution is 0.0636. The number of carbonyl (C=O) groups is 1. The van der Waals surface area contributed by atoms with Gasteiger partial charge in [0, 0.05) is 12.1 Å². The number of benzene rings is 2. The van der Waals surface area contributed by atoms with E-state index < -0.39 is 11.7 Å². The first-order valence-electron chi connectivity index (χ1n) is 10.1. The highest BCUT2D eigenvalue weighted by Crippen LogP contribution is 2.15. The second-order valence-corrected chi connectivity index (χ2v) is 7.96. The summed E-state index contributed by atoms with van der Waals surface area (Å²) in [5.74, 6) is 0.813. The number of carbonyl (C=O) groups excluding carboxylic acids is 1. The third-order valence-corrected chi connectivity index (χ3v) is 4.12. The molecular weight excluding hydrogens is 380 g/mol. The minimum atomic E-state index is -0.524. The summed E-state index contributed by atoms with van der Waals surface area (Å²) >= 11 is 0. The molecule has 0 aliphatic carbocycles. The Kier molecular flexibility index (Phi) is 8.70. The van der Waals surface area contributed by atoms with E-state index in [0.29, 0.717) is 18.9 Å². The van der Waals surface area contributed by atoms with Gasteiger partial charge in [-0.15, -0.1) is 0 Å². The van der Waals surface area contributed by atoms with Crippen molar-refractivity contribution in [2.24, 2.45) is 0 Å². The van der Waals surface area contributed by atoms with Crippen LogP contribution >= 0.6 is 0 Å². The fourth-order valence-corrected chi connectivity index (χ4v) is 2.61. The van der Waals surface area contributed by atoms with Gasteiger partial charge in [0.15, 0.2) is 0 Å². The molecule has 30 heavy (non-hydrogen) atoms. The topological polar surface area (TPSA) is 80.6 Å². The van der Waals surface area contributed by atoms with E-state index in [0.717, 1.165) is 29.7 Å². The smallest absolute Gasteiger partial charge is 0.412 e. The van der Waals surface area contributed by atoms with Gasteiger partial charge >= 0.3 is 6.09 Å². The van der Waals surface area contributed by atoms with Crippen LogP contribution < -0.4 is 10.1 Å². The van der Waals surface area contributed by atoms with E-state index in [4.69, 9.17) is 19.5 Å². The standard InChI is InChI=1S/C24H30N2O4/c1-18(17-25)28-15-13-20-7-11-22(12-8-20)29-16-14-19-5-9-21(10-6-19)26-23(27)30-24(2,3)4/h5-12,18H,13-16H2,1-4H3,(H,26,27). The van der Waals surface area contributed by atoms with Gasteiger partial charge in [0.05, 0.1) is 19.3 Å². The lowest BCUT2D eigenvalue weighted by atomic mass is 10.1. The van der Waals surface area contributed by atoms with Crippen molar-refractivity contribution in [3.63, 3.8) is 0 Å². The van der Waals surface area contributed by atoms with E-state index in [2.05, 4.69) is 5.32 Å². The molecule has 1 amide bonds. The van der Waals surface area contributed by atoms with Crippen LogP contribution in [0.4, 0.5) is 10.5 Å². The number of nitriles is 1. The van der Waals surface area contributed by atoms with Crippen molar-refractivity contribution in [3.8, 4) is 11.8 Å². The molecule has 0 aliphatic rings. The normalized spacial score (nSPS) is 12.0. The highest BCUT2D eigenvalue weighted by Gasteiger charge is 2.16. The Hall–Kier alpha value is -3.04. The number of hydrogen-bond acceptors (Lipinski definition) is 5. The Morgan fingerprint density at radius 3 is 2.13 bits per heavy atom. The molecule has 160 valence electrons. The summed E-state index contributed by atoms with van der Waals surface area (Å²) in [6.07, 6.45) is 0.674. The Balaban J connectivity index is 1.72. The first-order valence-corrected chi connectivity index (χ1v) is 10.1. The molecule has 2 aromatic rings.